The standard InChI is InChI=1S/C12H11BrN4O2/c13-8-5-15-7-17(12(8)19)6-11(18)16-10-4-2-1-3-9(10)14/h1-5,7H,6,14H2,(H,16,18). The minimum atomic E-state index is -0.347. The number of halogens is 1. The maximum Gasteiger partial charge on any atom is 0.268 e. The van der Waals surface area contributed by atoms with Gasteiger partial charge in [0.1, 0.15) is 11.0 Å². The van der Waals surface area contributed by atoms with Crippen LogP contribution in [0.4, 0.5) is 11.4 Å². The molecule has 1 amide bonds. The molecule has 7 heteroatoms. The van der Waals surface area contributed by atoms with Gasteiger partial charge in [0.25, 0.3) is 5.56 Å². The van der Waals surface area contributed by atoms with E-state index in [9.17, 15) is 9.59 Å². The van der Waals surface area contributed by atoms with Gasteiger partial charge in [0, 0.05) is 6.20 Å². The molecule has 0 spiro atoms. The number of carbonyl (C=O) groups excluding carboxylic acids is 1. The van der Waals surface area contributed by atoms with Crippen molar-refractivity contribution in [3.05, 3.63) is 51.6 Å². The zero-order chi connectivity index (χ0) is 13.8. The van der Waals surface area contributed by atoms with Gasteiger partial charge in [-0.1, -0.05) is 12.1 Å². The van der Waals surface area contributed by atoms with Crippen LogP contribution in [0.1, 0.15) is 0 Å². The van der Waals surface area contributed by atoms with Gasteiger partial charge in [-0.3, -0.25) is 14.2 Å². The fraction of sp³-hybridized carbons (Fsp3) is 0.0833. The number of nitrogens with zero attached hydrogens (tertiary/aromatic N) is 2. The molecule has 0 aliphatic rings. The van der Waals surface area contributed by atoms with E-state index in [2.05, 4.69) is 26.2 Å². The largest absolute Gasteiger partial charge is 0.397 e. The molecule has 0 saturated carbocycles. The maximum atomic E-state index is 11.8. The number of nitrogens with two attached hydrogens (primary N) is 1. The van der Waals surface area contributed by atoms with E-state index in [1.54, 1.807) is 24.3 Å². The van der Waals surface area contributed by atoms with Gasteiger partial charge in [-0.25, -0.2) is 4.98 Å². The number of carbonyl (C=O) groups is 1. The highest BCUT2D eigenvalue weighted by Gasteiger charge is 2.08. The highest BCUT2D eigenvalue weighted by atomic mass is 79.9. The molecule has 1 heterocycles. The second-order valence-electron chi connectivity index (χ2n) is 3.81. The van der Waals surface area contributed by atoms with E-state index >= 15 is 0 Å². The van der Waals surface area contributed by atoms with Crippen LogP contribution in [0.25, 0.3) is 0 Å². The van der Waals surface area contributed by atoms with Crippen LogP contribution in [0.2, 0.25) is 0 Å². The van der Waals surface area contributed by atoms with Crippen LogP contribution in [0.15, 0.2) is 46.1 Å². The smallest absolute Gasteiger partial charge is 0.268 e. The number of aromatic nitrogens is 2. The molecule has 98 valence electrons. The topological polar surface area (TPSA) is 90.0 Å². The normalized spacial score (nSPS) is 10.2. The molecule has 3 N–H and O–H groups in total. The Kier molecular flexibility index (Phi) is 3.96. The van der Waals surface area contributed by atoms with Gasteiger partial charge >= 0.3 is 0 Å². The molecule has 0 bridgehead atoms. The van der Waals surface area contributed by atoms with Crippen LogP contribution in [-0.2, 0) is 11.3 Å². The third kappa shape index (κ3) is 3.19. The first-order valence-corrected chi connectivity index (χ1v) is 6.21. The van der Waals surface area contributed by atoms with Crippen molar-refractivity contribution in [3.8, 4) is 0 Å². The van der Waals surface area contributed by atoms with Crippen molar-refractivity contribution in [3.63, 3.8) is 0 Å². The number of nitrogen functional groups attached to an aromatic ring is 1. The van der Waals surface area contributed by atoms with E-state index < -0.39 is 0 Å². The average Bonchev–Trinajstić information content (AvgIpc) is 2.38. The molecular weight excluding hydrogens is 312 g/mol. The Hall–Kier alpha value is -2.15. The number of benzene rings is 1. The Bertz CT molecular complexity index is 669. The Morgan fingerprint density at radius 3 is 2.89 bits per heavy atom. The van der Waals surface area contributed by atoms with Crippen LogP contribution in [0.3, 0.4) is 0 Å². The van der Waals surface area contributed by atoms with Crippen molar-refractivity contribution in [1.82, 2.24) is 9.55 Å². The summed E-state index contributed by atoms with van der Waals surface area (Å²) in [4.78, 5) is 27.4. The van der Waals surface area contributed by atoms with Gasteiger partial charge in [0.05, 0.1) is 17.7 Å². The van der Waals surface area contributed by atoms with Crippen molar-refractivity contribution >= 4 is 33.2 Å². The molecule has 1 aromatic heterocycles. The minimum Gasteiger partial charge on any atom is -0.397 e. The van der Waals surface area contributed by atoms with E-state index in [1.807, 2.05) is 0 Å². The first-order chi connectivity index (χ1) is 9.08. The Morgan fingerprint density at radius 2 is 2.16 bits per heavy atom. The summed E-state index contributed by atoms with van der Waals surface area (Å²) in [6.07, 6.45) is 2.69. The van der Waals surface area contributed by atoms with Crippen LogP contribution in [-0.4, -0.2) is 15.5 Å². The number of rotatable bonds is 3. The summed E-state index contributed by atoms with van der Waals surface area (Å²) in [7, 11) is 0. The summed E-state index contributed by atoms with van der Waals surface area (Å²) in [5.41, 5.74) is 6.38. The van der Waals surface area contributed by atoms with Crippen molar-refractivity contribution < 1.29 is 4.79 Å². The van der Waals surface area contributed by atoms with Crippen molar-refractivity contribution in [1.29, 1.82) is 0 Å². The molecule has 0 saturated heterocycles. The van der Waals surface area contributed by atoms with E-state index in [0.717, 1.165) is 0 Å². The van der Waals surface area contributed by atoms with Crippen molar-refractivity contribution in [2.45, 2.75) is 6.54 Å². The summed E-state index contributed by atoms with van der Waals surface area (Å²) >= 11 is 3.07. The highest BCUT2D eigenvalue weighted by Crippen LogP contribution is 2.16. The molecule has 2 aromatic rings. The minimum absolute atomic E-state index is 0.125. The molecule has 0 aliphatic heterocycles. The predicted molar refractivity (Wildman–Crippen MR) is 75.7 cm³/mol. The average molecular weight is 323 g/mol. The second kappa shape index (κ2) is 5.66. The molecule has 1 aromatic carbocycles. The zero-order valence-corrected chi connectivity index (χ0v) is 11.4. The third-order valence-electron chi connectivity index (χ3n) is 2.41. The van der Waals surface area contributed by atoms with E-state index in [0.29, 0.717) is 15.8 Å². The lowest BCUT2D eigenvalue weighted by Crippen LogP contribution is -2.28. The summed E-state index contributed by atoms with van der Waals surface area (Å²) in [6.45, 7) is -0.125. The molecule has 0 radical (unpaired) electrons. The van der Waals surface area contributed by atoms with E-state index in [-0.39, 0.29) is 18.0 Å². The molecule has 0 atom stereocenters. The molecule has 2 rings (SSSR count). The van der Waals surface area contributed by atoms with Gasteiger partial charge in [0.15, 0.2) is 0 Å². The van der Waals surface area contributed by atoms with Gasteiger partial charge in [-0.15, -0.1) is 0 Å². The van der Waals surface area contributed by atoms with Crippen LogP contribution in [0, 0.1) is 0 Å². The number of anilines is 2. The number of nitrogens with one attached hydrogen (secondary N) is 1. The number of para-hydroxylation sites is 2. The van der Waals surface area contributed by atoms with Gasteiger partial charge in [-0.2, -0.15) is 0 Å². The highest BCUT2D eigenvalue weighted by molar-refractivity contribution is 9.10. The van der Waals surface area contributed by atoms with E-state index in [1.165, 1.54) is 17.1 Å². The SMILES string of the molecule is Nc1ccccc1NC(=O)Cn1cncc(Br)c1=O. The van der Waals surface area contributed by atoms with Crippen LogP contribution < -0.4 is 16.6 Å². The Labute approximate surface area is 117 Å². The third-order valence-corrected chi connectivity index (χ3v) is 2.95. The quantitative estimate of drug-likeness (QED) is 0.831. The second-order valence-corrected chi connectivity index (χ2v) is 4.66. The lowest BCUT2D eigenvalue weighted by Gasteiger charge is -2.09. The number of amides is 1. The van der Waals surface area contributed by atoms with E-state index in [4.69, 9.17) is 5.73 Å². The zero-order valence-electron chi connectivity index (χ0n) is 9.84. The number of hydrogen-bond donors (Lipinski definition) is 2. The molecule has 6 nitrogen and oxygen atoms in total. The van der Waals surface area contributed by atoms with Crippen LogP contribution >= 0.6 is 15.9 Å². The predicted octanol–water partition coefficient (Wildman–Crippen LogP) is 1.23. The fourth-order valence-electron chi connectivity index (χ4n) is 1.49. The summed E-state index contributed by atoms with van der Waals surface area (Å²) in [5.74, 6) is -0.347. The molecule has 0 aliphatic carbocycles. The van der Waals surface area contributed by atoms with Gasteiger partial charge in [-0.05, 0) is 28.1 Å². The Balaban J connectivity index is 2.12. The summed E-state index contributed by atoms with van der Waals surface area (Å²) < 4.78 is 1.51. The first kappa shape index (κ1) is 13.3. The lowest BCUT2D eigenvalue weighted by molar-refractivity contribution is -0.116. The first-order valence-electron chi connectivity index (χ1n) is 5.42. The molecule has 19 heavy (non-hydrogen) atoms. The lowest BCUT2D eigenvalue weighted by atomic mass is 10.2. The summed E-state index contributed by atoms with van der Waals surface area (Å²) in [6, 6.07) is 6.91. The van der Waals surface area contributed by atoms with Crippen LogP contribution in [0.5, 0.6) is 0 Å². The van der Waals surface area contributed by atoms with Gasteiger partial charge in [0.2, 0.25) is 5.91 Å². The molecule has 0 unspecified atom stereocenters. The summed E-state index contributed by atoms with van der Waals surface area (Å²) in [5, 5.41) is 2.64. The number of hydrogen-bond acceptors (Lipinski definition) is 4. The van der Waals surface area contributed by atoms with Gasteiger partial charge < -0.3 is 11.1 Å². The van der Waals surface area contributed by atoms with Crippen molar-refractivity contribution in [2.75, 3.05) is 11.1 Å². The maximum absolute atomic E-state index is 11.8. The fourth-order valence-corrected chi connectivity index (χ4v) is 1.84. The molecule has 0 fully saturated rings. The monoisotopic (exact) mass is 322 g/mol. The molecular formula is C12H11BrN4O2. The Morgan fingerprint density at radius 1 is 1.42 bits per heavy atom. The van der Waals surface area contributed by atoms with Crippen molar-refractivity contribution in [2.24, 2.45) is 0 Å².